The molecule has 6 heteroatoms. The van der Waals surface area contributed by atoms with Crippen molar-refractivity contribution >= 4 is 31.9 Å². The minimum atomic E-state index is 0.566. The third-order valence-electron chi connectivity index (χ3n) is 3.68. The van der Waals surface area contributed by atoms with Crippen LogP contribution in [0.15, 0.2) is 19.6 Å². The van der Waals surface area contributed by atoms with Crippen LogP contribution in [0.1, 0.15) is 26.0 Å². The number of nitrogens with zero attached hydrogens (tertiary/aromatic N) is 1. The largest absolute Gasteiger partial charge is 0.452 e. The van der Waals surface area contributed by atoms with Crippen molar-refractivity contribution in [1.29, 1.82) is 0 Å². The third kappa shape index (κ3) is 5.67. The monoisotopic (exact) mass is 422 g/mol. The van der Waals surface area contributed by atoms with Crippen molar-refractivity contribution in [3.8, 4) is 0 Å². The molecule has 0 amide bonds. The normalized spacial score (nSPS) is 18.3. The van der Waals surface area contributed by atoms with Gasteiger partial charge in [0.2, 0.25) is 0 Å². The van der Waals surface area contributed by atoms with E-state index in [1.807, 2.05) is 6.07 Å². The van der Waals surface area contributed by atoms with Crippen molar-refractivity contribution < 1.29 is 9.15 Å². The lowest BCUT2D eigenvalue weighted by molar-refractivity contribution is 0.0122. The number of halogens is 2. The lowest BCUT2D eigenvalue weighted by Crippen LogP contribution is -2.48. The molecule has 1 aromatic heterocycles. The number of nitrogens with one attached hydrogen (secondary N) is 1. The predicted octanol–water partition coefficient (Wildman–Crippen LogP) is 3.64. The summed E-state index contributed by atoms with van der Waals surface area (Å²) in [5.74, 6) is 1.64. The van der Waals surface area contributed by atoms with Gasteiger partial charge in [-0.25, -0.2) is 0 Å². The zero-order valence-corrected chi connectivity index (χ0v) is 15.9. The predicted molar refractivity (Wildman–Crippen MR) is 91.4 cm³/mol. The highest BCUT2D eigenvalue weighted by Gasteiger charge is 2.21. The Hall–Kier alpha value is 0.120. The number of hydrogen-bond acceptors (Lipinski definition) is 4. The van der Waals surface area contributed by atoms with Gasteiger partial charge in [-0.05, 0) is 50.3 Å². The maximum atomic E-state index is 5.60. The smallest absolute Gasteiger partial charge is 0.183 e. The molecule has 0 aliphatic carbocycles. The first kappa shape index (κ1) is 17.5. The summed E-state index contributed by atoms with van der Waals surface area (Å²) in [7, 11) is 0. The van der Waals surface area contributed by atoms with Gasteiger partial charge < -0.3 is 14.5 Å². The van der Waals surface area contributed by atoms with E-state index in [4.69, 9.17) is 9.15 Å². The van der Waals surface area contributed by atoms with Crippen molar-refractivity contribution in [3.05, 3.63) is 21.0 Å². The molecule has 1 saturated heterocycles. The summed E-state index contributed by atoms with van der Waals surface area (Å²) in [4.78, 5) is 2.55. The average Bonchev–Trinajstić information content (AvgIpc) is 2.77. The zero-order chi connectivity index (χ0) is 15.2. The van der Waals surface area contributed by atoms with E-state index in [2.05, 4.69) is 55.9 Å². The summed E-state index contributed by atoms with van der Waals surface area (Å²) in [5.41, 5.74) is 0. The highest BCUT2D eigenvalue weighted by molar-refractivity contribution is 9.13. The molecule has 0 bridgehead atoms. The molecule has 1 atom stereocenters. The van der Waals surface area contributed by atoms with Crippen LogP contribution in [-0.2, 0) is 11.3 Å². The molecule has 2 heterocycles. The van der Waals surface area contributed by atoms with Gasteiger partial charge in [0.1, 0.15) is 5.76 Å². The van der Waals surface area contributed by atoms with E-state index >= 15 is 0 Å². The van der Waals surface area contributed by atoms with E-state index < -0.39 is 0 Å². The van der Waals surface area contributed by atoms with Crippen LogP contribution in [0.4, 0.5) is 0 Å². The lowest BCUT2D eigenvalue weighted by atomic mass is 10.0. The molecule has 1 aliphatic heterocycles. The fourth-order valence-corrected chi connectivity index (χ4v) is 3.35. The fraction of sp³-hybridized carbons (Fsp3) is 0.733. The van der Waals surface area contributed by atoms with Crippen LogP contribution in [0.2, 0.25) is 0 Å². The molecule has 0 saturated carbocycles. The second-order valence-electron chi connectivity index (χ2n) is 5.90. The first-order valence-corrected chi connectivity index (χ1v) is 9.11. The summed E-state index contributed by atoms with van der Waals surface area (Å²) < 4.78 is 12.8. The molecule has 0 radical (unpaired) electrons. The van der Waals surface area contributed by atoms with E-state index in [1.54, 1.807) is 0 Å². The second kappa shape index (κ2) is 8.67. The first-order valence-electron chi connectivity index (χ1n) is 7.52. The SMILES string of the molecule is CC(C)CC(CNCc1cc(Br)c(Br)o1)N1CCOCC1. The summed E-state index contributed by atoms with van der Waals surface area (Å²) in [5, 5.41) is 3.53. The molecule has 1 aromatic rings. The molecule has 120 valence electrons. The van der Waals surface area contributed by atoms with Gasteiger partial charge in [0.05, 0.1) is 24.2 Å². The van der Waals surface area contributed by atoms with Crippen LogP contribution >= 0.6 is 31.9 Å². The Bertz CT molecular complexity index is 412. The maximum Gasteiger partial charge on any atom is 0.183 e. The van der Waals surface area contributed by atoms with E-state index in [9.17, 15) is 0 Å². The van der Waals surface area contributed by atoms with Crippen molar-refractivity contribution in [2.75, 3.05) is 32.8 Å². The van der Waals surface area contributed by atoms with Gasteiger partial charge in [-0.2, -0.15) is 0 Å². The van der Waals surface area contributed by atoms with Crippen LogP contribution in [0.3, 0.4) is 0 Å². The Morgan fingerprint density at radius 3 is 2.57 bits per heavy atom. The lowest BCUT2D eigenvalue weighted by Gasteiger charge is -2.35. The molecule has 1 fully saturated rings. The fourth-order valence-electron chi connectivity index (χ4n) is 2.69. The number of hydrogen-bond donors (Lipinski definition) is 1. The van der Waals surface area contributed by atoms with Gasteiger partial charge in [0.25, 0.3) is 0 Å². The summed E-state index contributed by atoms with van der Waals surface area (Å²) in [6, 6.07) is 2.57. The van der Waals surface area contributed by atoms with Gasteiger partial charge in [0.15, 0.2) is 4.67 Å². The van der Waals surface area contributed by atoms with Crippen LogP contribution < -0.4 is 5.32 Å². The van der Waals surface area contributed by atoms with Gasteiger partial charge >= 0.3 is 0 Å². The Balaban J connectivity index is 1.83. The Labute approximate surface area is 143 Å². The molecular weight excluding hydrogens is 400 g/mol. The van der Waals surface area contributed by atoms with Crippen molar-refractivity contribution in [1.82, 2.24) is 10.2 Å². The highest BCUT2D eigenvalue weighted by Crippen LogP contribution is 2.26. The summed E-state index contributed by atoms with van der Waals surface area (Å²) in [6.07, 6.45) is 1.21. The van der Waals surface area contributed by atoms with Crippen molar-refractivity contribution in [2.24, 2.45) is 5.92 Å². The minimum Gasteiger partial charge on any atom is -0.452 e. The van der Waals surface area contributed by atoms with E-state index in [0.29, 0.717) is 12.0 Å². The number of morpholine rings is 1. The van der Waals surface area contributed by atoms with Crippen LogP contribution in [0.5, 0.6) is 0 Å². The molecule has 2 rings (SSSR count). The quantitative estimate of drug-likeness (QED) is 0.726. The topological polar surface area (TPSA) is 37.6 Å². The van der Waals surface area contributed by atoms with Crippen molar-refractivity contribution in [2.45, 2.75) is 32.9 Å². The molecule has 21 heavy (non-hydrogen) atoms. The molecular formula is C15H24Br2N2O2. The molecule has 1 unspecified atom stereocenters. The Kier molecular flexibility index (Phi) is 7.22. The molecule has 0 spiro atoms. The maximum absolute atomic E-state index is 5.60. The van der Waals surface area contributed by atoms with Crippen LogP contribution in [-0.4, -0.2) is 43.8 Å². The molecule has 1 aliphatic rings. The zero-order valence-electron chi connectivity index (χ0n) is 12.7. The van der Waals surface area contributed by atoms with Gasteiger partial charge in [-0.3, -0.25) is 4.90 Å². The standard InChI is InChI=1S/C15H24Br2N2O2/c1-11(2)7-12(19-3-5-20-6-4-19)9-18-10-13-8-14(16)15(17)21-13/h8,11-12,18H,3-7,9-10H2,1-2H3. The summed E-state index contributed by atoms with van der Waals surface area (Å²) in [6.45, 7) is 10.1. The highest BCUT2D eigenvalue weighted by atomic mass is 79.9. The third-order valence-corrected chi connectivity index (χ3v) is 5.39. The van der Waals surface area contributed by atoms with Crippen LogP contribution in [0, 0.1) is 5.92 Å². The van der Waals surface area contributed by atoms with Crippen molar-refractivity contribution in [3.63, 3.8) is 0 Å². The Morgan fingerprint density at radius 1 is 1.29 bits per heavy atom. The van der Waals surface area contributed by atoms with E-state index in [0.717, 1.165) is 54.3 Å². The van der Waals surface area contributed by atoms with Crippen LogP contribution in [0.25, 0.3) is 0 Å². The second-order valence-corrected chi connectivity index (χ2v) is 7.47. The Morgan fingerprint density at radius 2 is 2.00 bits per heavy atom. The first-order chi connectivity index (χ1) is 10.1. The minimum absolute atomic E-state index is 0.566. The van der Waals surface area contributed by atoms with Gasteiger partial charge in [-0.1, -0.05) is 13.8 Å². The van der Waals surface area contributed by atoms with E-state index in [-0.39, 0.29) is 0 Å². The molecule has 0 aromatic carbocycles. The average molecular weight is 424 g/mol. The van der Waals surface area contributed by atoms with Gasteiger partial charge in [0, 0.05) is 25.7 Å². The van der Waals surface area contributed by atoms with E-state index in [1.165, 1.54) is 6.42 Å². The van der Waals surface area contributed by atoms with Gasteiger partial charge in [-0.15, -0.1) is 0 Å². The number of furan rings is 1. The number of ether oxygens (including phenoxy) is 1. The number of rotatable bonds is 7. The molecule has 4 nitrogen and oxygen atoms in total. The molecule has 1 N–H and O–H groups in total. The summed E-state index contributed by atoms with van der Waals surface area (Å²) >= 11 is 6.81.